The molecule has 0 aliphatic heterocycles. The number of hydrogen-bond acceptors (Lipinski definition) is 5. The smallest absolute Gasteiger partial charge is 0.138 e. The van der Waals surface area contributed by atoms with Crippen LogP contribution in [-0.2, 0) is 13.0 Å². The summed E-state index contributed by atoms with van der Waals surface area (Å²) in [5.41, 5.74) is 0. The zero-order valence-electron chi connectivity index (χ0n) is 11.8. The van der Waals surface area contributed by atoms with Crippen molar-refractivity contribution in [2.75, 3.05) is 6.54 Å². The monoisotopic (exact) mass is 279 g/mol. The SMILES string of the molecule is CCCNC(Cc1ncnn1CC)c1cnc(C)s1. The van der Waals surface area contributed by atoms with Crippen LogP contribution in [0.15, 0.2) is 12.5 Å². The van der Waals surface area contributed by atoms with Gasteiger partial charge in [-0.2, -0.15) is 5.10 Å². The van der Waals surface area contributed by atoms with E-state index in [9.17, 15) is 0 Å². The van der Waals surface area contributed by atoms with E-state index >= 15 is 0 Å². The molecule has 0 amide bonds. The number of aromatic nitrogens is 4. The maximum absolute atomic E-state index is 4.36. The third-order valence-electron chi connectivity index (χ3n) is 3.01. The van der Waals surface area contributed by atoms with Crippen molar-refractivity contribution in [3.8, 4) is 0 Å². The number of rotatable bonds is 7. The number of hydrogen-bond donors (Lipinski definition) is 1. The van der Waals surface area contributed by atoms with Crippen molar-refractivity contribution in [1.82, 2.24) is 25.1 Å². The lowest BCUT2D eigenvalue weighted by Crippen LogP contribution is -2.24. The molecule has 0 aliphatic carbocycles. The average Bonchev–Trinajstić information content (AvgIpc) is 3.02. The molecule has 0 spiro atoms. The molecule has 2 rings (SSSR count). The Morgan fingerprint density at radius 2 is 2.21 bits per heavy atom. The van der Waals surface area contributed by atoms with E-state index in [0.29, 0.717) is 0 Å². The molecule has 1 N–H and O–H groups in total. The number of aryl methyl sites for hydroxylation is 2. The molecule has 0 radical (unpaired) electrons. The van der Waals surface area contributed by atoms with Gasteiger partial charge in [0, 0.05) is 24.0 Å². The van der Waals surface area contributed by atoms with Crippen molar-refractivity contribution in [3.05, 3.63) is 28.2 Å². The lowest BCUT2D eigenvalue weighted by Gasteiger charge is -2.16. The van der Waals surface area contributed by atoms with Gasteiger partial charge in [0.2, 0.25) is 0 Å². The van der Waals surface area contributed by atoms with E-state index in [2.05, 4.69) is 34.2 Å². The molecule has 0 bridgehead atoms. The molecule has 0 saturated heterocycles. The highest BCUT2D eigenvalue weighted by Gasteiger charge is 2.17. The molecule has 2 aromatic heterocycles. The minimum Gasteiger partial charge on any atom is -0.309 e. The number of nitrogens with one attached hydrogen (secondary N) is 1. The minimum atomic E-state index is 0.278. The van der Waals surface area contributed by atoms with E-state index in [1.807, 2.05) is 17.8 Å². The molecule has 1 unspecified atom stereocenters. The highest BCUT2D eigenvalue weighted by atomic mass is 32.1. The van der Waals surface area contributed by atoms with Crippen LogP contribution < -0.4 is 5.32 Å². The van der Waals surface area contributed by atoms with Gasteiger partial charge in [-0.05, 0) is 26.8 Å². The summed E-state index contributed by atoms with van der Waals surface area (Å²) >= 11 is 1.75. The summed E-state index contributed by atoms with van der Waals surface area (Å²) in [7, 11) is 0. The maximum atomic E-state index is 4.36. The Bertz CT molecular complexity index is 505. The van der Waals surface area contributed by atoms with E-state index in [4.69, 9.17) is 0 Å². The van der Waals surface area contributed by atoms with E-state index in [0.717, 1.165) is 36.8 Å². The first-order valence-corrected chi connectivity index (χ1v) is 7.58. The molecule has 5 nitrogen and oxygen atoms in total. The van der Waals surface area contributed by atoms with Gasteiger partial charge in [0.25, 0.3) is 0 Å². The van der Waals surface area contributed by atoms with E-state index in [1.165, 1.54) is 4.88 Å². The maximum Gasteiger partial charge on any atom is 0.138 e. The van der Waals surface area contributed by atoms with Gasteiger partial charge in [-0.1, -0.05) is 6.92 Å². The standard InChI is InChI=1S/C13H21N5S/c1-4-6-14-11(12-8-15-10(3)19-12)7-13-16-9-17-18(13)5-2/h8-9,11,14H,4-7H2,1-3H3. The van der Waals surface area contributed by atoms with Gasteiger partial charge >= 0.3 is 0 Å². The highest BCUT2D eigenvalue weighted by molar-refractivity contribution is 7.11. The first-order valence-electron chi connectivity index (χ1n) is 6.77. The average molecular weight is 279 g/mol. The number of nitrogens with zero attached hydrogens (tertiary/aromatic N) is 4. The molecule has 2 heterocycles. The number of thiazole rings is 1. The van der Waals surface area contributed by atoms with Crippen LogP contribution in [0.25, 0.3) is 0 Å². The Morgan fingerprint density at radius 1 is 1.37 bits per heavy atom. The van der Waals surface area contributed by atoms with Crippen LogP contribution in [0.4, 0.5) is 0 Å². The van der Waals surface area contributed by atoms with Crippen LogP contribution in [0.5, 0.6) is 0 Å². The molecular formula is C13H21N5S. The van der Waals surface area contributed by atoms with Gasteiger partial charge in [-0.15, -0.1) is 11.3 Å². The van der Waals surface area contributed by atoms with E-state index in [-0.39, 0.29) is 6.04 Å². The Kier molecular flexibility index (Phi) is 5.04. The van der Waals surface area contributed by atoms with Crippen LogP contribution in [0, 0.1) is 6.92 Å². The molecular weight excluding hydrogens is 258 g/mol. The zero-order valence-corrected chi connectivity index (χ0v) is 12.6. The minimum absolute atomic E-state index is 0.278. The largest absolute Gasteiger partial charge is 0.309 e. The molecule has 1 atom stereocenters. The predicted octanol–water partition coefficient (Wildman–Crippen LogP) is 2.35. The molecule has 19 heavy (non-hydrogen) atoms. The summed E-state index contributed by atoms with van der Waals surface area (Å²) in [6.45, 7) is 8.17. The van der Waals surface area contributed by atoms with E-state index < -0.39 is 0 Å². The van der Waals surface area contributed by atoms with Crippen LogP contribution >= 0.6 is 11.3 Å². The van der Waals surface area contributed by atoms with Crippen molar-refractivity contribution in [2.45, 2.75) is 46.2 Å². The third kappa shape index (κ3) is 3.61. The fourth-order valence-electron chi connectivity index (χ4n) is 2.02. The summed E-state index contributed by atoms with van der Waals surface area (Å²) in [5.74, 6) is 1.03. The molecule has 0 saturated carbocycles. The third-order valence-corrected chi connectivity index (χ3v) is 4.03. The molecule has 104 valence electrons. The summed E-state index contributed by atoms with van der Waals surface area (Å²) in [4.78, 5) is 9.99. The molecule has 6 heteroatoms. The normalized spacial score (nSPS) is 12.8. The quantitative estimate of drug-likeness (QED) is 0.845. The van der Waals surface area contributed by atoms with Crippen molar-refractivity contribution in [2.24, 2.45) is 0 Å². The lowest BCUT2D eigenvalue weighted by atomic mass is 10.1. The first kappa shape index (κ1) is 14.1. The predicted molar refractivity (Wildman–Crippen MR) is 77.3 cm³/mol. The second kappa shape index (κ2) is 6.77. The molecule has 0 aliphatic rings. The Hall–Kier alpha value is -1.27. The van der Waals surface area contributed by atoms with E-state index in [1.54, 1.807) is 17.7 Å². The molecule has 0 aromatic carbocycles. The van der Waals surface area contributed by atoms with Crippen LogP contribution in [0.1, 0.15) is 42.0 Å². The van der Waals surface area contributed by atoms with Gasteiger partial charge < -0.3 is 5.32 Å². The fourth-order valence-corrected chi connectivity index (χ4v) is 2.88. The summed E-state index contributed by atoms with van der Waals surface area (Å²) < 4.78 is 1.95. The fraction of sp³-hybridized carbons (Fsp3) is 0.615. The van der Waals surface area contributed by atoms with Gasteiger partial charge in [-0.25, -0.2) is 9.97 Å². The van der Waals surface area contributed by atoms with Crippen LogP contribution in [-0.4, -0.2) is 26.3 Å². The summed E-state index contributed by atoms with van der Waals surface area (Å²) in [6.07, 6.45) is 5.58. The van der Waals surface area contributed by atoms with Crippen molar-refractivity contribution < 1.29 is 0 Å². The van der Waals surface area contributed by atoms with Crippen LogP contribution in [0.2, 0.25) is 0 Å². The van der Waals surface area contributed by atoms with Gasteiger partial charge in [0.15, 0.2) is 0 Å². The molecule has 2 aromatic rings. The Balaban J connectivity index is 2.14. The van der Waals surface area contributed by atoms with Crippen molar-refractivity contribution in [1.29, 1.82) is 0 Å². The Labute approximate surface area is 118 Å². The van der Waals surface area contributed by atoms with Crippen molar-refractivity contribution in [3.63, 3.8) is 0 Å². The summed E-state index contributed by atoms with van der Waals surface area (Å²) in [5, 5.41) is 8.92. The lowest BCUT2D eigenvalue weighted by molar-refractivity contribution is 0.502. The second-order valence-corrected chi connectivity index (χ2v) is 5.75. The zero-order chi connectivity index (χ0) is 13.7. The molecule has 0 fully saturated rings. The Morgan fingerprint density at radius 3 is 2.84 bits per heavy atom. The van der Waals surface area contributed by atoms with Gasteiger partial charge in [0.1, 0.15) is 12.2 Å². The summed E-state index contributed by atoms with van der Waals surface area (Å²) in [6, 6.07) is 0.278. The van der Waals surface area contributed by atoms with Crippen LogP contribution in [0.3, 0.4) is 0 Å². The van der Waals surface area contributed by atoms with Crippen molar-refractivity contribution >= 4 is 11.3 Å². The van der Waals surface area contributed by atoms with Gasteiger partial charge in [-0.3, -0.25) is 4.68 Å². The first-order chi connectivity index (χ1) is 9.24. The topological polar surface area (TPSA) is 55.6 Å². The van der Waals surface area contributed by atoms with Gasteiger partial charge in [0.05, 0.1) is 11.0 Å². The highest BCUT2D eigenvalue weighted by Crippen LogP contribution is 2.23. The second-order valence-electron chi connectivity index (χ2n) is 4.48.